The van der Waals surface area contributed by atoms with Crippen LogP contribution in [0.1, 0.15) is 44.4 Å². The van der Waals surface area contributed by atoms with Crippen molar-refractivity contribution in [1.82, 2.24) is 4.98 Å². The van der Waals surface area contributed by atoms with Gasteiger partial charge in [0.2, 0.25) is 11.8 Å². The summed E-state index contributed by atoms with van der Waals surface area (Å²) >= 11 is 0. The zero-order valence-electron chi connectivity index (χ0n) is 25.1. The molecule has 3 heterocycles. The van der Waals surface area contributed by atoms with Gasteiger partial charge in [0.1, 0.15) is 5.75 Å². The molecule has 230 valence electrons. The van der Waals surface area contributed by atoms with E-state index < -0.39 is 41.8 Å². The van der Waals surface area contributed by atoms with Crippen LogP contribution in [0.15, 0.2) is 84.1 Å². The molecule has 2 aliphatic heterocycles. The number of allylic oxidation sites excluding steroid dienone is 2. The average molecular weight is 607 g/mol. The van der Waals surface area contributed by atoms with Crippen LogP contribution in [0, 0.1) is 33.8 Å². The van der Waals surface area contributed by atoms with Gasteiger partial charge in [-0.3, -0.25) is 24.7 Å². The van der Waals surface area contributed by atoms with Crippen molar-refractivity contribution in [1.29, 1.82) is 0 Å². The van der Waals surface area contributed by atoms with E-state index in [0.717, 1.165) is 32.9 Å². The summed E-state index contributed by atoms with van der Waals surface area (Å²) in [5.41, 5.74) is 4.66. The number of carbonyl (C=O) groups excluding carboxylic acids is 2. The van der Waals surface area contributed by atoms with Gasteiger partial charge in [-0.25, -0.2) is 4.90 Å². The lowest BCUT2D eigenvalue weighted by molar-refractivity contribution is -0.384. The zero-order valence-corrected chi connectivity index (χ0v) is 25.1. The standard InChI is InChI=1S/C34H34BN3O7/c1-20(2)26-18-27-32(34(41)37(33(27)40)23-6-5-7-24(17-23)38(43)44)28-19-35(42)45-30(31(26)28)14-11-22(29-8-3-4-15-36-29)16-21-9-12-25(39)13-10-21/h3-10,12-13,15-17,20,27-28,30,32,39,42H,11,14,18-19H2,1-2H3/b22-16-/t27-,28+,30-,32-/m1/s1. The van der Waals surface area contributed by atoms with Gasteiger partial charge in [0.15, 0.2) is 0 Å². The molecule has 0 spiro atoms. The lowest BCUT2D eigenvalue weighted by Gasteiger charge is -2.44. The summed E-state index contributed by atoms with van der Waals surface area (Å²) < 4.78 is 6.18. The maximum Gasteiger partial charge on any atom is 0.455 e. The third-order valence-electron chi connectivity index (χ3n) is 9.14. The Morgan fingerprint density at radius 2 is 1.89 bits per heavy atom. The minimum atomic E-state index is -1.12. The number of non-ortho nitro benzene ring substituents is 1. The van der Waals surface area contributed by atoms with Crippen LogP contribution in [0.4, 0.5) is 11.4 Å². The molecule has 6 rings (SSSR count). The molecule has 3 aliphatic rings. The van der Waals surface area contributed by atoms with E-state index in [1.165, 1.54) is 18.2 Å². The van der Waals surface area contributed by atoms with Crippen molar-refractivity contribution in [2.45, 2.75) is 45.5 Å². The van der Waals surface area contributed by atoms with E-state index in [9.17, 15) is 29.8 Å². The summed E-state index contributed by atoms with van der Waals surface area (Å²) in [6, 6.07) is 18.2. The Bertz CT molecular complexity index is 1690. The van der Waals surface area contributed by atoms with Crippen molar-refractivity contribution in [2.75, 3.05) is 4.90 Å². The Morgan fingerprint density at radius 3 is 2.58 bits per heavy atom. The molecule has 45 heavy (non-hydrogen) atoms. The molecule has 0 unspecified atom stereocenters. The minimum absolute atomic E-state index is 0.0716. The average Bonchev–Trinajstić information content (AvgIpc) is 3.29. The van der Waals surface area contributed by atoms with E-state index in [0.29, 0.717) is 19.3 Å². The number of pyridine rings is 1. The molecule has 2 saturated heterocycles. The number of hydrogen-bond donors (Lipinski definition) is 2. The monoisotopic (exact) mass is 607 g/mol. The third kappa shape index (κ3) is 5.93. The van der Waals surface area contributed by atoms with Gasteiger partial charge >= 0.3 is 7.12 Å². The van der Waals surface area contributed by atoms with E-state index in [4.69, 9.17) is 4.65 Å². The van der Waals surface area contributed by atoms with Gasteiger partial charge in [-0.15, -0.1) is 0 Å². The molecule has 0 radical (unpaired) electrons. The molecule has 2 N–H and O–H groups in total. The van der Waals surface area contributed by atoms with E-state index in [1.54, 1.807) is 24.4 Å². The molecule has 4 atom stereocenters. The molecule has 1 aliphatic carbocycles. The molecule has 0 bridgehead atoms. The van der Waals surface area contributed by atoms with Crippen LogP contribution in [0.3, 0.4) is 0 Å². The summed E-state index contributed by atoms with van der Waals surface area (Å²) in [6.07, 6.45) is 4.89. The molecule has 2 aromatic carbocycles. The first-order chi connectivity index (χ1) is 21.6. The third-order valence-corrected chi connectivity index (χ3v) is 9.14. The molecule has 11 heteroatoms. The zero-order chi connectivity index (χ0) is 31.8. The molecule has 2 fully saturated rings. The van der Waals surface area contributed by atoms with Crippen molar-refractivity contribution in [3.63, 3.8) is 0 Å². The largest absolute Gasteiger partial charge is 0.508 e. The molecule has 0 saturated carbocycles. The number of fused-ring (bicyclic) bond motifs is 3. The lowest BCUT2D eigenvalue weighted by Crippen LogP contribution is -2.46. The van der Waals surface area contributed by atoms with Crippen LogP contribution in [0.2, 0.25) is 6.32 Å². The van der Waals surface area contributed by atoms with Gasteiger partial charge in [0.25, 0.3) is 5.69 Å². The van der Waals surface area contributed by atoms with Crippen LogP contribution >= 0.6 is 0 Å². The Kier molecular flexibility index (Phi) is 8.39. The fourth-order valence-electron chi connectivity index (χ4n) is 7.14. The summed E-state index contributed by atoms with van der Waals surface area (Å²) in [6.45, 7) is 4.12. The topological polar surface area (TPSA) is 143 Å². The number of rotatable bonds is 8. The first-order valence-corrected chi connectivity index (χ1v) is 15.2. The second kappa shape index (κ2) is 12.4. The summed E-state index contributed by atoms with van der Waals surface area (Å²) in [5, 5.41) is 32.1. The highest BCUT2D eigenvalue weighted by molar-refractivity contribution is 6.43. The van der Waals surface area contributed by atoms with Crippen LogP contribution in [0.25, 0.3) is 11.6 Å². The van der Waals surface area contributed by atoms with Gasteiger partial charge in [-0.2, -0.15) is 0 Å². The van der Waals surface area contributed by atoms with Crippen LogP contribution < -0.4 is 4.90 Å². The number of benzene rings is 2. The highest BCUT2D eigenvalue weighted by atomic mass is 16.6. The Hall–Kier alpha value is -4.61. The number of imide groups is 1. The fourth-order valence-corrected chi connectivity index (χ4v) is 7.14. The lowest BCUT2D eigenvalue weighted by atomic mass is 9.57. The number of amides is 2. The SMILES string of the molecule is CC(C)C1=C2[C@@H](CC/C(=C/c3ccc(O)cc3)c3ccccn3)OB(O)C[C@@H]2[C@@H]2C(=O)N(c3cccc([N+](=O)[O-])c3)C(=O)[C@@H]2C1. The molecule has 2 amide bonds. The Morgan fingerprint density at radius 1 is 1.11 bits per heavy atom. The number of aromatic hydroxyl groups is 1. The highest BCUT2D eigenvalue weighted by Gasteiger charge is 2.58. The van der Waals surface area contributed by atoms with Crippen molar-refractivity contribution in [3.8, 4) is 5.75 Å². The van der Waals surface area contributed by atoms with Crippen LogP contribution in [0.5, 0.6) is 5.75 Å². The summed E-state index contributed by atoms with van der Waals surface area (Å²) in [7, 11) is -1.12. The molecule has 3 aromatic rings. The maximum absolute atomic E-state index is 14.0. The number of aromatic nitrogens is 1. The number of carbonyl (C=O) groups is 2. The van der Waals surface area contributed by atoms with Gasteiger partial charge in [0, 0.05) is 18.3 Å². The van der Waals surface area contributed by atoms with Crippen molar-refractivity contribution in [2.24, 2.45) is 23.7 Å². The number of phenolic OH excluding ortho intramolecular Hbond substituents is 1. The predicted octanol–water partition coefficient (Wildman–Crippen LogP) is 5.67. The summed E-state index contributed by atoms with van der Waals surface area (Å²) in [5.74, 6) is -2.24. The molecular weight excluding hydrogens is 573 g/mol. The van der Waals surface area contributed by atoms with Crippen LogP contribution in [-0.2, 0) is 14.2 Å². The number of nitrogens with zero attached hydrogens (tertiary/aromatic N) is 3. The van der Waals surface area contributed by atoms with Crippen molar-refractivity contribution < 1.29 is 29.3 Å². The number of hydrogen-bond acceptors (Lipinski definition) is 8. The van der Waals surface area contributed by atoms with Gasteiger partial charge in [0.05, 0.1) is 34.2 Å². The van der Waals surface area contributed by atoms with E-state index in [1.807, 2.05) is 36.4 Å². The normalized spacial score (nSPS) is 23.4. The van der Waals surface area contributed by atoms with Gasteiger partial charge in [-0.05, 0) is 90.5 Å². The molecule has 1 aromatic heterocycles. The van der Waals surface area contributed by atoms with E-state index >= 15 is 0 Å². The highest BCUT2D eigenvalue weighted by Crippen LogP contribution is 2.52. The quantitative estimate of drug-likeness (QED) is 0.110. The van der Waals surface area contributed by atoms with Gasteiger partial charge in [-0.1, -0.05) is 43.7 Å². The first kappa shape index (κ1) is 30.4. The number of anilines is 1. The van der Waals surface area contributed by atoms with Gasteiger partial charge < -0.3 is 14.8 Å². The fraction of sp³-hybridized carbons (Fsp3) is 0.324. The maximum atomic E-state index is 14.0. The number of nitro benzene ring substituents is 1. The first-order valence-electron chi connectivity index (χ1n) is 15.2. The minimum Gasteiger partial charge on any atom is -0.508 e. The van der Waals surface area contributed by atoms with Crippen molar-refractivity contribution in [3.05, 3.63) is 105 Å². The summed E-state index contributed by atoms with van der Waals surface area (Å²) in [4.78, 5) is 44.3. The van der Waals surface area contributed by atoms with E-state index in [2.05, 4.69) is 18.8 Å². The predicted molar refractivity (Wildman–Crippen MR) is 170 cm³/mol. The Labute approximate surface area is 261 Å². The van der Waals surface area contributed by atoms with Crippen LogP contribution in [-0.4, -0.2) is 45.1 Å². The Balaban J connectivity index is 1.33. The number of phenols is 1. The smallest absolute Gasteiger partial charge is 0.455 e. The van der Waals surface area contributed by atoms with E-state index in [-0.39, 0.29) is 35.3 Å². The van der Waals surface area contributed by atoms with Crippen molar-refractivity contribution >= 4 is 42.0 Å². The molecule has 10 nitrogen and oxygen atoms in total. The second-order valence-electron chi connectivity index (χ2n) is 12.2. The molecular formula is C34H34BN3O7. The second-order valence-corrected chi connectivity index (χ2v) is 12.2. The number of nitro groups is 1.